The molecule has 2 aromatic rings. The molecule has 0 aliphatic carbocycles. The first-order valence-corrected chi connectivity index (χ1v) is 9.63. The van der Waals surface area contributed by atoms with Crippen LogP contribution in [0.3, 0.4) is 0 Å². The van der Waals surface area contributed by atoms with Gasteiger partial charge in [0.1, 0.15) is 14.7 Å². The topological polar surface area (TPSA) is 163 Å². The van der Waals surface area contributed by atoms with Crippen molar-refractivity contribution in [3.05, 3.63) is 30.3 Å². The molecule has 3 N–H and O–H groups in total. The molecule has 0 spiro atoms. The third kappa shape index (κ3) is 4.21. The standard InChI is InChI=1S/C10H8O9S3.Ca.2H/c11-20(12,13)8-5-6-3-1-2-4-7(6)9(21(14,15)16)10(8)22(17,18)19;;;/h1-5H,(H,11,12,13)(H,14,15,16)(H,17,18,19);;;/q;+2;2*-1. The van der Waals surface area contributed by atoms with Crippen molar-refractivity contribution in [1.82, 2.24) is 0 Å². The predicted molar refractivity (Wildman–Crippen MR) is 81.4 cm³/mol. The number of fused-ring (bicyclic) bond motifs is 1. The Morgan fingerprint density at radius 2 is 1.22 bits per heavy atom. The molecule has 124 valence electrons. The van der Waals surface area contributed by atoms with Crippen molar-refractivity contribution in [2.45, 2.75) is 14.7 Å². The van der Waals surface area contributed by atoms with Crippen LogP contribution in [0.25, 0.3) is 10.8 Å². The van der Waals surface area contributed by atoms with Crippen LogP contribution >= 0.6 is 0 Å². The van der Waals surface area contributed by atoms with Gasteiger partial charge in [0.05, 0.1) is 0 Å². The molecule has 2 rings (SSSR count). The first-order valence-electron chi connectivity index (χ1n) is 5.31. The summed E-state index contributed by atoms with van der Waals surface area (Å²) in [6.45, 7) is 0. The van der Waals surface area contributed by atoms with Crippen LogP contribution < -0.4 is 0 Å². The van der Waals surface area contributed by atoms with Gasteiger partial charge in [-0.25, -0.2) is 0 Å². The molecule has 13 heteroatoms. The fourth-order valence-corrected chi connectivity index (χ4v) is 5.37. The Hall–Kier alpha value is -0.310. The molecule has 0 saturated heterocycles. The van der Waals surface area contributed by atoms with Gasteiger partial charge in [-0.3, -0.25) is 13.7 Å². The molecule has 2 aromatic carbocycles. The van der Waals surface area contributed by atoms with Gasteiger partial charge < -0.3 is 2.85 Å². The molecule has 0 aliphatic heterocycles. The van der Waals surface area contributed by atoms with Crippen LogP contribution in [0.15, 0.2) is 45.0 Å². The van der Waals surface area contributed by atoms with Crippen molar-refractivity contribution in [3.63, 3.8) is 0 Å². The molecule has 0 amide bonds. The Balaban J connectivity index is 0. The van der Waals surface area contributed by atoms with E-state index in [-0.39, 0.29) is 51.4 Å². The van der Waals surface area contributed by atoms with E-state index in [1.54, 1.807) is 0 Å². The molecule has 0 aromatic heterocycles. The summed E-state index contributed by atoms with van der Waals surface area (Å²) in [5, 5.41) is -0.430. The zero-order valence-electron chi connectivity index (χ0n) is 13.1. The van der Waals surface area contributed by atoms with Crippen LogP contribution in [0.1, 0.15) is 2.85 Å². The molecule has 0 unspecified atom stereocenters. The quantitative estimate of drug-likeness (QED) is 0.480. The maximum Gasteiger partial charge on any atom is 2.00 e. The van der Waals surface area contributed by atoms with Crippen molar-refractivity contribution in [1.29, 1.82) is 0 Å². The van der Waals surface area contributed by atoms with Crippen LogP contribution in [0.5, 0.6) is 0 Å². The Morgan fingerprint density at radius 3 is 1.65 bits per heavy atom. The van der Waals surface area contributed by atoms with Crippen LogP contribution in [-0.4, -0.2) is 76.6 Å². The van der Waals surface area contributed by atoms with E-state index in [0.717, 1.165) is 6.07 Å². The van der Waals surface area contributed by atoms with Crippen molar-refractivity contribution in [3.8, 4) is 0 Å². The van der Waals surface area contributed by atoms with Gasteiger partial charge in [-0.1, -0.05) is 24.3 Å². The average Bonchev–Trinajstić information content (AvgIpc) is 2.33. The number of hydrogen-bond donors (Lipinski definition) is 3. The van der Waals surface area contributed by atoms with E-state index in [1.165, 1.54) is 18.2 Å². The van der Waals surface area contributed by atoms with Crippen molar-refractivity contribution in [2.24, 2.45) is 0 Å². The third-order valence-corrected chi connectivity index (χ3v) is 5.73. The molecule has 0 bridgehead atoms. The maximum absolute atomic E-state index is 11.5. The number of benzene rings is 2. The van der Waals surface area contributed by atoms with Gasteiger partial charge in [-0.05, 0) is 11.5 Å². The third-order valence-electron chi connectivity index (χ3n) is 2.72. The largest absolute Gasteiger partial charge is 2.00 e. The van der Waals surface area contributed by atoms with E-state index < -0.39 is 45.0 Å². The average molecular weight is 410 g/mol. The Labute approximate surface area is 164 Å². The zero-order chi connectivity index (χ0) is 16.9. The normalized spacial score (nSPS) is 12.8. The second kappa shape index (κ2) is 6.54. The van der Waals surface area contributed by atoms with Crippen molar-refractivity contribution >= 4 is 78.9 Å². The summed E-state index contributed by atoms with van der Waals surface area (Å²) < 4.78 is 96.0. The van der Waals surface area contributed by atoms with Gasteiger partial charge in [0, 0.05) is 5.39 Å². The van der Waals surface area contributed by atoms with E-state index in [0.29, 0.717) is 6.07 Å². The van der Waals surface area contributed by atoms with Crippen LogP contribution in [0, 0.1) is 0 Å². The SMILES string of the molecule is O=S(=O)(O)c1cc2ccccc2c(S(=O)(=O)O)c1S(=O)(=O)O.[Ca+2].[H-].[H-]. The number of hydrogen-bond acceptors (Lipinski definition) is 6. The summed E-state index contributed by atoms with van der Waals surface area (Å²) in [6.07, 6.45) is 0. The fourth-order valence-electron chi connectivity index (χ4n) is 1.96. The number of rotatable bonds is 3. The van der Waals surface area contributed by atoms with E-state index in [1.807, 2.05) is 0 Å². The molecule has 0 radical (unpaired) electrons. The van der Waals surface area contributed by atoms with E-state index in [4.69, 9.17) is 9.11 Å². The van der Waals surface area contributed by atoms with Crippen molar-refractivity contribution in [2.75, 3.05) is 0 Å². The minimum Gasteiger partial charge on any atom is -1.00 e. The zero-order valence-corrected chi connectivity index (χ0v) is 15.8. The molecule has 0 heterocycles. The summed E-state index contributed by atoms with van der Waals surface area (Å²) in [6, 6.07) is 5.69. The van der Waals surface area contributed by atoms with Gasteiger partial charge >= 0.3 is 37.7 Å². The van der Waals surface area contributed by atoms with Gasteiger partial charge in [-0.15, -0.1) is 0 Å². The monoisotopic (exact) mass is 410 g/mol. The van der Waals surface area contributed by atoms with Gasteiger partial charge in [0.15, 0.2) is 0 Å². The molecular weight excluding hydrogens is 400 g/mol. The Kier molecular flexibility index (Phi) is 5.89. The van der Waals surface area contributed by atoms with E-state index in [2.05, 4.69) is 0 Å². The minimum atomic E-state index is -5.40. The Morgan fingerprint density at radius 1 is 0.739 bits per heavy atom. The van der Waals surface area contributed by atoms with Crippen LogP contribution in [-0.2, 0) is 30.4 Å². The maximum atomic E-state index is 11.5. The smallest absolute Gasteiger partial charge is 1.00 e. The van der Waals surface area contributed by atoms with Crippen LogP contribution in [0.2, 0.25) is 0 Å². The van der Waals surface area contributed by atoms with Gasteiger partial charge in [0.2, 0.25) is 0 Å². The minimum absolute atomic E-state index is 0. The molecule has 0 saturated carbocycles. The molecule has 0 aliphatic rings. The molecular formula is C10H10CaO9S3. The molecule has 0 atom stereocenters. The molecule has 0 fully saturated rings. The molecule has 9 nitrogen and oxygen atoms in total. The summed E-state index contributed by atoms with van der Waals surface area (Å²) in [7, 11) is -15.8. The van der Waals surface area contributed by atoms with E-state index in [9.17, 15) is 29.8 Å². The van der Waals surface area contributed by atoms with Gasteiger partial charge in [-0.2, -0.15) is 25.3 Å². The predicted octanol–water partition coefficient (Wildman–Crippen LogP) is 0.424. The second-order valence-electron chi connectivity index (χ2n) is 4.18. The molecule has 23 heavy (non-hydrogen) atoms. The van der Waals surface area contributed by atoms with Crippen molar-refractivity contribution < 1.29 is 41.8 Å². The summed E-state index contributed by atoms with van der Waals surface area (Å²) in [4.78, 5) is -4.31. The Bertz CT molecular complexity index is 1100. The fraction of sp³-hybridized carbons (Fsp3) is 0. The van der Waals surface area contributed by atoms with Gasteiger partial charge in [0.25, 0.3) is 30.4 Å². The first kappa shape index (κ1) is 20.7. The van der Waals surface area contributed by atoms with E-state index >= 15 is 0 Å². The first-order chi connectivity index (χ1) is 9.83. The summed E-state index contributed by atoms with van der Waals surface area (Å²) in [5.74, 6) is 0. The summed E-state index contributed by atoms with van der Waals surface area (Å²) >= 11 is 0. The second-order valence-corrected chi connectivity index (χ2v) is 8.29. The van der Waals surface area contributed by atoms with Crippen LogP contribution in [0.4, 0.5) is 0 Å². The summed E-state index contributed by atoms with van der Waals surface area (Å²) in [5.41, 5.74) is 0.